The lowest BCUT2D eigenvalue weighted by atomic mass is 9.97. The molecule has 9 nitrogen and oxygen atoms in total. The molecule has 2 atom stereocenters. The minimum atomic E-state index is -0.848. The monoisotopic (exact) mass is 442 g/mol. The summed E-state index contributed by atoms with van der Waals surface area (Å²) in [5, 5.41) is 17.1. The van der Waals surface area contributed by atoms with Crippen molar-refractivity contribution in [3.63, 3.8) is 0 Å². The molecule has 32 heavy (non-hydrogen) atoms. The Kier molecular flexibility index (Phi) is 9.99. The molecule has 0 bridgehead atoms. The van der Waals surface area contributed by atoms with E-state index in [2.05, 4.69) is 16.0 Å². The van der Waals surface area contributed by atoms with E-state index in [1.165, 1.54) is 0 Å². The molecule has 0 aliphatic rings. The molecule has 0 aromatic heterocycles. The van der Waals surface area contributed by atoms with Gasteiger partial charge in [0, 0.05) is 12.2 Å². The number of anilines is 1. The van der Waals surface area contributed by atoms with Gasteiger partial charge in [0.1, 0.15) is 12.6 Å². The van der Waals surface area contributed by atoms with Gasteiger partial charge in [-0.15, -0.1) is 0 Å². The van der Waals surface area contributed by atoms with E-state index in [9.17, 15) is 14.4 Å². The van der Waals surface area contributed by atoms with Crippen LogP contribution in [0.2, 0.25) is 0 Å². The molecule has 2 aromatic carbocycles. The number of aliphatic hydroxyl groups is 1. The highest BCUT2D eigenvalue weighted by Crippen LogP contribution is 2.14. The third-order valence-corrected chi connectivity index (χ3v) is 4.80. The van der Waals surface area contributed by atoms with Gasteiger partial charge in [-0.2, -0.15) is 0 Å². The lowest BCUT2D eigenvalue weighted by Gasteiger charge is -2.22. The fourth-order valence-corrected chi connectivity index (χ4v) is 3.02. The summed E-state index contributed by atoms with van der Waals surface area (Å²) in [4.78, 5) is 36.1. The van der Waals surface area contributed by atoms with Crippen LogP contribution in [0, 0.1) is 5.92 Å². The second-order valence-electron chi connectivity index (χ2n) is 7.52. The smallest absolute Gasteiger partial charge is 0.408 e. The highest BCUT2D eigenvalue weighted by molar-refractivity contribution is 5.96. The number of urea groups is 1. The summed E-state index contributed by atoms with van der Waals surface area (Å²) in [5.41, 5.74) is 7.17. The van der Waals surface area contributed by atoms with Gasteiger partial charge in [0.25, 0.3) is 0 Å². The first-order valence-corrected chi connectivity index (χ1v) is 10.4. The topological polar surface area (TPSA) is 143 Å². The maximum absolute atomic E-state index is 12.9. The molecule has 0 spiro atoms. The minimum absolute atomic E-state index is 0.00351. The molecule has 6 N–H and O–H groups in total. The molecule has 0 heterocycles. The number of primary amides is 1. The molecule has 9 heteroatoms. The SMILES string of the molecule is CC(CCNC(N)=O)CC(NC(=O)OCc1ccccc1)C(=O)Nc1ccc(CO)cc1. The molecule has 0 aliphatic heterocycles. The van der Waals surface area contributed by atoms with Crippen molar-refractivity contribution in [3.8, 4) is 0 Å². The normalized spacial score (nSPS) is 12.3. The van der Waals surface area contributed by atoms with E-state index < -0.39 is 24.1 Å². The van der Waals surface area contributed by atoms with Crippen LogP contribution in [0.5, 0.6) is 0 Å². The van der Waals surface area contributed by atoms with Crippen molar-refractivity contribution in [2.45, 2.75) is 39.0 Å². The van der Waals surface area contributed by atoms with E-state index in [1.54, 1.807) is 24.3 Å². The van der Waals surface area contributed by atoms with Gasteiger partial charge >= 0.3 is 12.1 Å². The van der Waals surface area contributed by atoms with Crippen molar-refractivity contribution in [2.24, 2.45) is 11.7 Å². The van der Waals surface area contributed by atoms with Gasteiger partial charge in [-0.25, -0.2) is 9.59 Å². The van der Waals surface area contributed by atoms with Crippen molar-refractivity contribution in [2.75, 3.05) is 11.9 Å². The average Bonchev–Trinajstić information content (AvgIpc) is 2.78. The second kappa shape index (κ2) is 13.0. The van der Waals surface area contributed by atoms with Gasteiger partial charge in [-0.3, -0.25) is 4.79 Å². The van der Waals surface area contributed by atoms with Gasteiger partial charge in [0.15, 0.2) is 0 Å². The number of hydrogen-bond acceptors (Lipinski definition) is 5. The van der Waals surface area contributed by atoms with Crippen LogP contribution in [0.15, 0.2) is 54.6 Å². The summed E-state index contributed by atoms with van der Waals surface area (Å²) in [7, 11) is 0. The third kappa shape index (κ3) is 9.05. The van der Waals surface area contributed by atoms with Crippen LogP contribution in [0.25, 0.3) is 0 Å². The Morgan fingerprint density at radius 1 is 1.03 bits per heavy atom. The summed E-state index contributed by atoms with van der Waals surface area (Å²) < 4.78 is 5.25. The highest BCUT2D eigenvalue weighted by Gasteiger charge is 2.24. The highest BCUT2D eigenvalue weighted by atomic mass is 16.5. The summed E-state index contributed by atoms with van der Waals surface area (Å²) in [6.45, 7) is 2.27. The van der Waals surface area contributed by atoms with E-state index in [4.69, 9.17) is 15.6 Å². The average molecular weight is 443 g/mol. The molecule has 172 valence electrons. The van der Waals surface area contributed by atoms with Crippen molar-refractivity contribution in [1.29, 1.82) is 0 Å². The number of hydrogen-bond donors (Lipinski definition) is 5. The standard InChI is InChI=1S/C23H30N4O5/c1-16(11-12-25-22(24)30)13-20(21(29)26-19-9-7-17(14-28)8-10-19)27-23(31)32-15-18-5-3-2-4-6-18/h2-10,16,20,28H,11-15H2,1H3,(H,26,29)(H,27,31)(H3,24,25,30). The fraction of sp³-hybridized carbons (Fsp3) is 0.348. The molecule has 2 aromatic rings. The Morgan fingerprint density at radius 3 is 2.34 bits per heavy atom. The fourth-order valence-electron chi connectivity index (χ4n) is 3.02. The third-order valence-electron chi connectivity index (χ3n) is 4.80. The molecule has 0 fully saturated rings. The lowest BCUT2D eigenvalue weighted by molar-refractivity contribution is -0.118. The number of aliphatic hydroxyl groups excluding tert-OH is 1. The lowest BCUT2D eigenvalue weighted by Crippen LogP contribution is -2.45. The Hall–Kier alpha value is -3.59. The van der Waals surface area contributed by atoms with Crippen LogP contribution >= 0.6 is 0 Å². The molecule has 4 amide bonds. The Balaban J connectivity index is 1.98. The van der Waals surface area contributed by atoms with E-state index in [0.717, 1.165) is 11.1 Å². The quantitative estimate of drug-likeness (QED) is 0.363. The van der Waals surface area contributed by atoms with Gasteiger partial charge in [-0.05, 0) is 42.0 Å². The number of ether oxygens (including phenoxy) is 1. The predicted octanol–water partition coefficient (Wildman–Crippen LogP) is 2.50. The first-order valence-electron chi connectivity index (χ1n) is 10.4. The van der Waals surface area contributed by atoms with E-state index >= 15 is 0 Å². The van der Waals surface area contributed by atoms with E-state index in [1.807, 2.05) is 37.3 Å². The van der Waals surface area contributed by atoms with Crippen molar-refractivity contribution in [1.82, 2.24) is 10.6 Å². The number of alkyl carbamates (subject to hydrolysis) is 1. The summed E-state index contributed by atoms with van der Waals surface area (Å²) >= 11 is 0. The zero-order chi connectivity index (χ0) is 23.3. The number of nitrogens with one attached hydrogen (secondary N) is 3. The largest absolute Gasteiger partial charge is 0.445 e. The van der Waals surface area contributed by atoms with Crippen LogP contribution in [-0.2, 0) is 22.7 Å². The molecule has 0 aliphatic carbocycles. The molecule has 0 saturated carbocycles. The summed E-state index contributed by atoms with van der Waals surface area (Å²) in [6, 6.07) is 14.5. The van der Waals surface area contributed by atoms with Crippen molar-refractivity contribution >= 4 is 23.7 Å². The molecule has 2 unspecified atom stereocenters. The van der Waals surface area contributed by atoms with Crippen LogP contribution in [-0.4, -0.2) is 35.7 Å². The summed E-state index contributed by atoms with van der Waals surface area (Å²) in [6.07, 6.45) is 0.215. The van der Waals surface area contributed by atoms with E-state index in [0.29, 0.717) is 25.1 Å². The first-order chi connectivity index (χ1) is 15.4. The Labute approximate surface area is 187 Å². The Morgan fingerprint density at radius 2 is 1.72 bits per heavy atom. The van der Waals surface area contributed by atoms with Crippen LogP contribution in [0.3, 0.4) is 0 Å². The maximum atomic E-state index is 12.9. The zero-order valence-electron chi connectivity index (χ0n) is 18.0. The number of nitrogens with two attached hydrogens (primary N) is 1. The van der Waals surface area contributed by atoms with Gasteiger partial charge < -0.3 is 31.5 Å². The Bertz CT molecular complexity index is 874. The zero-order valence-corrected chi connectivity index (χ0v) is 18.0. The predicted molar refractivity (Wildman–Crippen MR) is 121 cm³/mol. The van der Waals surface area contributed by atoms with E-state index in [-0.39, 0.29) is 19.1 Å². The molecular weight excluding hydrogens is 412 g/mol. The maximum Gasteiger partial charge on any atom is 0.408 e. The number of carbonyl (C=O) groups excluding carboxylic acids is 3. The molecule has 0 radical (unpaired) electrons. The number of carbonyl (C=O) groups is 3. The number of benzene rings is 2. The van der Waals surface area contributed by atoms with Crippen LogP contribution in [0.4, 0.5) is 15.3 Å². The van der Waals surface area contributed by atoms with Gasteiger partial charge in [-0.1, -0.05) is 49.4 Å². The number of amides is 4. The van der Waals surface area contributed by atoms with Crippen molar-refractivity contribution < 1.29 is 24.2 Å². The van der Waals surface area contributed by atoms with Crippen LogP contribution in [0.1, 0.15) is 30.9 Å². The first kappa shape index (κ1) is 24.7. The van der Waals surface area contributed by atoms with Gasteiger partial charge in [0.05, 0.1) is 6.61 Å². The number of rotatable bonds is 11. The molecule has 2 rings (SSSR count). The van der Waals surface area contributed by atoms with Crippen LogP contribution < -0.4 is 21.7 Å². The van der Waals surface area contributed by atoms with Crippen molar-refractivity contribution in [3.05, 3.63) is 65.7 Å². The molecular formula is C23H30N4O5. The second-order valence-corrected chi connectivity index (χ2v) is 7.52. The summed E-state index contributed by atoms with van der Waals surface area (Å²) in [5.74, 6) is -0.392. The minimum Gasteiger partial charge on any atom is -0.445 e. The molecule has 0 saturated heterocycles. The van der Waals surface area contributed by atoms with Gasteiger partial charge in [0.2, 0.25) is 5.91 Å².